The van der Waals surface area contributed by atoms with Crippen molar-refractivity contribution in [1.82, 2.24) is 10.2 Å². The average molecular weight is 384 g/mol. The first-order valence-electron chi connectivity index (χ1n) is 8.87. The van der Waals surface area contributed by atoms with Crippen LogP contribution in [-0.4, -0.2) is 43.0 Å². The molecule has 6 nitrogen and oxygen atoms in total. The van der Waals surface area contributed by atoms with E-state index in [0.29, 0.717) is 32.5 Å². The minimum atomic E-state index is -0.458. The van der Waals surface area contributed by atoms with Crippen molar-refractivity contribution >= 4 is 24.2 Å². The molecule has 0 saturated carbocycles. The second-order valence-electron chi connectivity index (χ2n) is 6.94. The van der Waals surface area contributed by atoms with Crippen molar-refractivity contribution in [3.05, 3.63) is 29.8 Å². The molecule has 0 spiro atoms. The number of hydrogen-bond donors (Lipinski definition) is 2. The van der Waals surface area contributed by atoms with Gasteiger partial charge in [0.25, 0.3) is 0 Å². The number of nitrogens with one attached hydrogen (secondary N) is 1. The van der Waals surface area contributed by atoms with Gasteiger partial charge in [0.15, 0.2) is 0 Å². The van der Waals surface area contributed by atoms with E-state index in [4.69, 9.17) is 10.5 Å². The summed E-state index contributed by atoms with van der Waals surface area (Å²) in [4.78, 5) is 26.4. The zero-order chi connectivity index (χ0) is 18.4. The number of nitrogens with zero attached hydrogens (tertiary/aromatic N) is 1. The van der Waals surface area contributed by atoms with Gasteiger partial charge in [0.1, 0.15) is 5.75 Å². The number of carbonyl (C=O) groups is 2. The second kappa shape index (κ2) is 10.4. The minimum absolute atomic E-state index is 0. The standard InChI is InChI=1S/C19H29N3O3.ClH/c1-13(2)17(20)19(24)22-10-8-15(9-11-22)18(23)21-12-14-4-6-16(25-3)7-5-14;/h4-7,13,15,17H,8-12,20H2,1-3H3,(H,21,23);1H/t17-;/m0./s1. The predicted octanol–water partition coefficient (Wildman–Crippen LogP) is 1.96. The lowest BCUT2D eigenvalue weighted by Gasteiger charge is -2.33. The van der Waals surface area contributed by atoms with Gasteiger partial charge in [-0.3, -0.25) is 9.59 Å². The Bertz CT molecular complexity index is 584. The highest BCUT2D eigenvalue weighted by Gasteiger charge is 2.30. The van der Waals surface area contributed by atoms with Crippen molar-refractivity contribution in [3.63, 3.8) is 0 Å². The fourth-order valence-electron chi connectivity index (χ4n) is 2.93. The van der Waals surface area contributed by atoms with Crippen molar-refractivity contribution in [2.24, 2.45) is 17.6 Å². The molecule has 2 amide bonds. The summed E-state index contributed by atoms with van der Waals surface area (Å²) < 4.78 is 5.12. The summed E-state index contributed by atoms with van der Waals surface area (Å²) in [6.45, 7) is 5.59. The van der Waals surface area contributed by atoms with Crippen LogP contribution in [0.5, 0.6) is 5.75 Å². The molecule has 3 N–H and O–H groups in total. The number of likely N-dealkylation sites (tertiary alicyclic amines) is 1. The van der Waals surface area contributed by atoms with E-state index >= 15 is 0 Å². The van der Waals surface area contributed by atoms with Gasteiger partial charge in [-0.15, -0.1) is 12.4 Å². The number of hydrogen-bond acceptors (Lipinski definition) is 4. The summed E-state index contributed by atoms with van der Waals surface area (Å²) in [6.07, 6.45) is 1.37. The Balaban J connectivity index is 0.00000338. The van der Waals surface area contributed by atoms with E-state index in [0.717, 1.165) is 11.3 Å². The van der Waals surface area contributed by atoms with Crippen LogP contribution in [0.3, 0.4) is 0 Å². The number of ether oxygens (including phenoxy) is 1. The quantitative estimate of drug-likeness (QED) is 0.786. The lowest BCUT2D eigenvalue weighted by molar-refractivity contribution is -0.137. The zero-order valence-electron chi connectivity index (χ0n) is 15.7. The Kier molecular flexibility index (Phi) is 8.88. The van der Waals surface area contributed by atoms with E-state index in [1.54, 1.807) is 12.0 Å². The van der Waals surface area contributed by atoms with E-state index in [-0.39, 0.29) is 36.1 Å². The monoisotopic (exact) mass is 383 g/mol. The molecule has 2 rings (SSSR count). The third-order valence-corrected chi connectivity index (χ3v) is 4.81. The molecule has 0 bridgehead atoms. The molecule has 0 radical (unpaired) electrons. The minimum Gasteiger partial charge on any atom is -0.497 e. The summed E-state index contributed by atoms with van der Waals surface area (Å²) in [6, 6.07) is 7.18. The Morgan fingerprint density at radius 2 is 1.81 bits per heavy atom. The Morgan fingerprint density at radius 1 is 1.23 bits per heavy atom. The summed E-state index contributed by atoms with van der Waals surface area (Å²) in [5.74, 6) is 0.922. The highest BCUT2D eigenvalue weighted by molar-refractivity contribution is 5.85. The summed E-state index contributed by atoms with van der Waals surface area (Å²) >= 11 is 0. The smallest absolute Gasteiger partial charge is 0.239 e. The van der Waals surface area contributed by atoms with Crippen LogP contribution in [0.2, 0.25) is 0 Å². The average Bonchev–Trinajstić information content (AvgIpc) is 2.65. The Hall–Kier alpha value is -1.79. The topological polar surface area (TPSA) is 84.7 Å². The van der Waals surface area contributed by atoms with Crippen LogP contribution in [0.1, 0.15) is 32.3 Å². The molecule has 1 saturated heterocycles. The van der Waals surface area contributed by atoms with Gasteiger partial charge in [0.05, 0.1) is 13.2 Å². The molecule has 0 aliphatic carbocycles. The Morgan fingerprint density at radius 3 is 2.31 bits per heavy atom. The predicted molar refractivity (Wildman–Crippen MR) is 104 cm³/mol. The maximum Gasteiger partial charge on any atom is 0.239 e. The van der Waals surface area contributed by atoms with Crippen LogP contribution in [0.25, 0.3) is 0 Å². The van der Waals surface area contributed by atoms with Crippen LogP contribution < -0.4 is 15.8 Å². The normalized spacial score (nSPS) is 16.0. The lowest BCUT2D eigenvalue weighted by atomic mass is 9.94. The number of piperidine rings is 1. The molecule has 0 unspecified atom stereocenters. The highest BCUT2D eigenvalue weighted by Crippen LogP contribution is 2.19. The van der Waals surface area contributed by atoms with Gasteiger partial charge in [-0.1, -0.05) is 26.0 Å². The fourth-order valence-corrected chi connectivity index (χ4v) is 2.93. The van der Waals surface area contributed by atoms with Crippen molar-refractivity contribution in [2.45, 2.75) is 39.3 Å². The molecule has 146 valence electrons. The van der Waals surface area contributed by atoms with Gasteiger partial charge in [0, 0.05) is 25.6 Å². The molecule has 7 heteroatoms. The summed E-state index contributed by atoms with van der Waals surface area (Å²) in [7, 11) is 1.63. The number of halogens is 1. The van der Waals surface area contributed by atoms with Crippen molar-refractivity contribution in [3.8, 4) is 5.75 Å². The summed E-state index contributed by atoms with van der Waals surface area (Å²) in [5, 5.41) is 2.98. The van der Waals surface area contributed by atoms with Gasteiger partial charge in [-0.05, 0) is 36.5 Å². The first kappa shape index (κ1) is 22.3. The van der Waals surface area contributed by atoms with E-state index in [9.17, 15) is 9.59 Å². The molecular weight excluding hydrogens is 354 g/mol. The SMILES string of the molecule is COc1ccc(CNC(=O)C2CCN(C(=O)[C@@H](N)C(C)C)CC2)cc1.Cl. The number of carbonyl (C=O) groups excluding carboxylic acids is 2. The lowest BCUT2D eigenvalue weighted by Crippen LogP contribution is -2.50. The van der Waals surface area contributed by atoms with E-state index < -0.39 is 6.04 Å². The van der Waals surface area contributed by atoms with Crippen LogP contribution in [-0.2, 0) is 16.1 Å². The third-order valence-electron chi connectivity index (χ3n) is 4.81. The molecule has 0 aromatic heterocycles. The largest absolute Gasteiger partial charge is 0.497 e. The molecule has 1 heterocycles. The molecule has 26 heavy (non-hydrogen) atoms. The number of methoxy groups -OCH3 is 1. The van der Waals surface area contributed by atoms with Crippen molar-refractivity contribution in [2.75, 3.05) is 20.2 Å². The number of benzene rings is 1. The first-order valence-corrected chi connectivity index (χ1v) is 8.87. The van der Waals surface area contributed by atoms with Crippen LogP contribution in [0, 0.1) is 11.8 Å². The van der Waals surface area contributed by atoms with Gasteiger partial charge in [-0.2, -0.15) is 0 Å². The van der Waals surface area contributed by atoms with E-state index in [2.05, 4.69) is 5.32 Å². The van der Waals surface area contributed by atoms with Gasteiger partial charge in [0.2, 0.25) is 11.8 Å². The second-order valence-corrected chi connectivity index (χ2v) is 6.94. The van der Waals surface area contributed by atoms with Gasteiger partial charge in [-0.25, -0.2) is 0 Å². The maximum atomic E-state index is 12.3. The van der Waals surface area contributed by atoms with Crippen molar-refractivity contribution < 1.29 is 14.3 Å². The molecule has 1 fully saturated rings. The molecular formula is C19H30ClN3O3. The van der Waals surface area contributed by atoms with E-state index in [1.165, 1.54) is 0 Å². The molecule has 1 aromatic rings. The third kappa shape index (κ3) is 5.88. The van der Waals surface area contributed by atoms with Gasteiger partial charge >= 0.3 is 0 Å². The van der Waals surface area contributed by atoms with Crippen molar-refractivity contribution in [1.29, 1.82) is 0 Å². The Labute approximate surface area is 161 Å². The number of rotatable bonds is 6. The number of amides is 2. The van der Waals surface area contributed by atoms with Crippen LogP contribution in [0.4, 0.5) is 0 Å². The molecule has 1 atom stereocenters. The van der Waals surface area contributed by atoms with Crippen LogP contribution in [0.15, 0.2) is 24.3 Å². The summed E-state index contributed by atoms with van der Waals surface area (Å²) in [5.41, 5.74) is 6.97. The zero-order valence-corrected chi connectivity index (χ0v) is 16.6. The molecule has 1 aromatic carbocycles. The first-order chi connectivity index (χ1) is 11.9. The number of nitrogens with two attached hydrogens (primary N) is 1. The van der Waals surface area contributed by atoms with E-state index in [1.807, 2.05) is 38.1 Å². The highest BCUT2D eigenvalue weighted by atomic mass is 35.5. The molecule has 1 aliphatic rings. The van der Waals surface area contributed by atoms with Crippen LogP contribution >= 0.6 is 12.4 Å². The van der Waals surface area contributed by atoms with Gasteiger partial charge < -0.3 is 20.7 Å². The molecule has 1 aliphatic heterocycles. The maximum absolute atomic E-state index is 12.3. The fraction of sp³-hybridized carbons (Fsp3) is 0.579.